The van der Waals surface area contributed by atoms with Crippen molar-refractivity contribution in [1.29, 1.82) is 0 Å². The van der Waals surface area contributed by atoms with Crippen LogP contribution in [0.2, 0.25) is 0 Å². The van der Waals surface area contributed by atoms with Gasteiger partial charge in [-0.25, -0.2) is 9.97 Å². The maximum absolute atomic E-state index is 10.5. The summed E-state index contributed by atoms with van der Waals surface area (Å²) in [5.74, 6) is 0.341. The van der Waals surface area contributed by atoms with Gasteiger partial charge in [-0.3, -0.25) is 4.79 Å². The van der Waals surface area contributed by atoms with E-state index in [0.717, 1.165) is 5.69 Å². The van der Waals surface area contributed by atoms with Gasteiger partial charge in [0.25, 0.3) is 0 Å². The van der Waals surface area contributed by atoms with Crippen molar-refractivity contribution in [3.63, 3.8) is 0 Å². The summed E-state index contributed by atoms with van der Waals surface area (Å²) >= 11 is 0. The summed E-state index contributed by atoms with van der Waals surface area (Å²) in [6.07, 6.45) is 5.09. The SMILES string of the molecule is CN(C)c1cnc(/C(C=O)=C\N)nc1. The Balaban J connectivity index is 2.99. The number of aldehydes is 1. The molecule has 0 fully saturated rings. The first-order chi connectivity index (χ1) is 6.69. The molecule has 0 bridgehead atoms. The molecule has 1 aromatic heterocycles. The second-order valence-corrected chi connectivity index (χ2v) is 2.90. The van der Waals surface area contributed by atoms with Crippen LogP contribution in [-0.4, -0.2) is 30.3 Å². The first-order valence-corrected chi connectivity index (χ1v) is 4.06. The predicted octanol–water partition coefficient (Wildman–Crippen LogP) is 0.0411. The van der Waals surface area contributed by atoms with E-state index in [1.807, 2.05) is 19.0 Å². The molecule has 0 aromatic carbocycles. The van der Waals surface area contributed by atoms with Crippen LogP contribution < -0.4 is 10.6 Å². The molecule has 0 atom stereocenters. The number of hydrogen-bond donors (Lipinski definition) is 1. The monoisotopic (exact) mass is 192 g/mol. The molecule has 0 unspecified atom stereocenters. The largest absolute Gasteiger partial charge is 0.404 e. The average Bonchev–Trinajstić information content (AvgIpc) is 2.20. The number of hydrogen-bond acceptors (Lipinski definition) is 5. The number of nitrogens with zero attached hydrogens (tertiary/aromatic N) is 3. The Morgan fingerprint density at radius 3 is 2.36 bits per heavy atom. The van der Waals surface area contributed by atoms with Crippen molar-refractivity contribution in [3.05, 3.63) is 24.4 Å². The van der Waals surface area contributed by atoms with Crippen LogP contribution in [0.25, 0.3) is 5.57 Å². The number of carbonyl (C=O) groups excluding carboxylic acids is 1. The van der Waals surface area contributed by atoms with Crippen LogP contribution in [0.4, 0.5) is 5.69 Å². The number of anilines is 1. The van der Waals surface area contributed by atoms with Crippen LogP contribution in [0.5, 0.6) is 0 Å². The lowest BCUT2D eigenvalue weighted by Gasteiger charge is -2.10. The van der Waals surface area contributed by atoms with E-state index in [0.29, 0.717) is 12.1 Å². The third-order valence-corrected chi connectivity index (χ3v) is 1.72. The lowest BCUT2D eigenvalue weighted by molar-refractivity contribution is -0.103. The van der Waals surface area contributed by atoms with E-state index in [2.05, 4.69) is 9.97 Å². The molecule has 0 saturated heterocycles. The van der Waals surface area contributed by atoms with Crippen LogP contribution in [0, 0.1) is 0 Å². The Hall–Kier alpha value is -1.91. The maximum atomic E-state index is 10.5. The van der Waals surface area contributed by atoms with E-state index in [-0.39, 0.29) is 5.57 Å². The Morgan fingerprint density at radius 1 is 1.43 bits per heavy atom. The maximum Gasteiger partial charge on any atom is 0.164 e. The third kappa shape index (κ3) is 2.07. The molecule has 0 saturated carbocycles. The first-order valence-electron chi connectivity index (χ1n) is 4.06. The van der Waals surface area contributed by atoms with Crippen molar-refractivity contribution in [2.45, 2.75) is 0 Å². The van der Waals surface area contributed by atoms with Crippen molar-refractivity contribution in [2.24, 2.45) is 5.73 Å². The molecule has 0 aliphatic heterocycles. The molecular formula is C9H12N4O. The highest BCUT2D eigenvalue weighted by Gasteiger charge is 2.03. The fourth-order valence-electron chi connectivity index (χ4n) is 0.868. The molecule has 0 aliphatic carbocycles. The van der Waals surface area contributed by atoms with Crippen molar-refractivity contribution < 1.29 is 4.79 Å². The van der Waals surface area contributed by atoms with Gasteiger partial charge >= 0.3 is 0 Å². The summed E-state index contributed by atoms with van der Waals surface area (Å²) in [5, 5.41) is 0. The summed E-state index contributed by atoms with van der Waals surface area (Å²) in [5.41, 5.74) is 6.39. The van der Waals surface area contributed by atoms with Crippen LogP contribution in [0.15, 0.2) is 18.6 Å². The molecule has 14 heavy (non-hydrogen) atoms. The molecule has 74 valence electrons. The second kappa shape index (κ2) is 4.36. The van der Waals surface area contributed by atoms with Gasteiger partial charge in [0.15, 0.2) is 12.1 Å². The fraction of sp³-hybridized carbons (Fsp3) is 0.222. The molecule has 5 nitrogen and oxygen atoms in total. The molecule has 0 spiro atoms. The van der Waals surface area contributed by atoms with Crippen LogP contribution in [0.1, 0.15) is 5.82 Å². The van der Waals surface area contributed by atoms with Crippen LogP contribution in [-0.2, 0) is 4.79 Å². The topological polar surface area (TPSA) is 72.1 Å². The zero-order valence-electron chi connectivity index (χ0n) is 8.14. The predicted molar refractivity (Wildman–Crippen MR) is 54.6 cm³/mol. The van der Waals surface area contributed by atoms with E-state index in [9.17, 15) is 4.79 Å². The standard InChI is InChI=1S/C9H12N4O/c1-13(2)8-4-11-9(12-5-8)7(3-10)6-14/h3-6H,10H2,1-2H3/b7-3-. The summed E-state index contributed by atoms with van der Waals surface area (Å²) in [6, 6.07) is 0. The number of nitrogens with two attached hydrogens (primary N) is 1. The molecular weight excluding hydrogens is 180 g/mol. The summed E-state index contributed by atoms with van der Waals surface area (Å²) < 4.78 is 0. The molecule has 0 radical (unpaired) electrons. The van der Waals surface area contributed by atoms with E-state index in [4.69, 9.17) is 5.73 Å². The molecule has 0 amide bonds. The lowest BCUT2D eigenvalue weighted by Crippen LogP contribution is -2.10. The minimum absolute atomic E-state index is 0.287. The van der Waals surface area contributed by atoms with Gasteiger partial charge in [0.05, 0.1) is 23.7 Å². The van der Waals surface area contributed by atoms with Gasteiger partial charge in [-0.05, 0) is 0 Å². The van der Waals surface area contributed by atoms with Crippen molar-refractivity contribution in [3.8, 4) is 0 Å². The summed E-state index contributed by atoms with van der Waals surface area (Å²) in [7, 11) is 3.77. The molecule has 1 aromatic rings. The summed E-state index contributed by atoms with van der Waals surface area (Å²) in [6.45, 7) is 0. The summed E-state index contributed by atoms with van der Waals surface area (Å²) in [4.78, 5) is 20.4. The molecule has 0 aliphatic rings. The highest BCUT2D eigenvalue weighted by Crippen LogP contribution is 2.09. The quantitative estimate of drug-likeness (QED) is 0.540. The van der Waals surface area contributed by atoms with Crippen LogP contribution in [0.3, 0.4) is 0 Å². The van der Waals surface area contributed by atoms with Gasteiger partial charge in [0.1, 0.15) is 0 Å². The number of allylic oxidation sites excluding steroid dienone is 1. The van der Waals surface area contributed by atoms with Gasteiger partial charge in [-0.15, -0.1) is 0 Å². The molecule has 1 rings (SSSR count). The zero-order valence-corrected chi connectivity index (χ0v) is 8.14. The Kier molecular flexibility index (Phi) is 3.17. The van der Waals surface area contributed by atoms with Crippen LogP contribution >= 0.6 is 0 Å². The normalized spacial score (nSPS) is 11.1. The van der Waals surface area contributed by atoms with Gasteiger partial charge in [0, 0.05) is 20.3 Å². The zero-order chi connectivity index (χ0) is 10.6. The minimum atomic E-state index is 0.287. The van der Waals surface area contributed by atoms with Crippen molar-refractivity contribution >= 4 is 17.5 Å². The smallest absolute Gasteiger partial charge is 0.164 e. The first kappa shape index (κ1) is 10.2. The number of carbonyl (C=O) groups is 1. The number of rotatable bonds is 3. The Morgan fingerprint density at radius 2 is 2.00 bits per heavy atom. The Labute approximate surface area is 82.3 Å². The molecule has 1 heterocycles. The minimum Gasteiger partial charge on any atom is -0.404 e. The van der Waals surface area contributed by atoms with E-state index < -0.39 is 0 Å². The van der Waals surface area contributed by atoms with Gasteiger partial charge in [0.2, 0.25) is 0 Å². The van der Waals surface area contributed by atoms with Gasteiger partial charge in [-0.2, -0.15) is 0 Å². The molecule has 5 heteroatoms. The highest BCUT2D eigenvalue weighted by atomic mass is 16.1. The van der Waals surface area contributed by atoms with Crippen molar-refractivity contribution in [1.82, 2.24) is 9.97 Å². The van der Waals surface area contributed by atoms with E-state index in [1.165, 1.54) is 6.20 Å². The number of aromatic nitrogens is 2. The van der Waals surface area contributed by atoms with Gasteiger partial charge in [-0.1, -0.05) is 0 Å². The van der Waals surface area contributed by atoms with E-state index in [1.54, 1.807) is 12.4 Å². The average molecular weight is 192 g/mol. The lowest BCUT2D eigenvalue weighted by atomic mass is 10.3. The van der Waals surface area contributed by atoms with Crippen molar-refractivity contribution in [2.75, 3.05) is 19.0 Å². The second-order valence-electron chi connectivity index (χ2n) is 2.90. The molecule has 2 N–H and O–H groups in total. The third-order valence-electron chi connectivity index (χ3n) is 1.72. The van der Waals surface area contributed by atoms with Gasteiger partial charge < -0.3 is 10.6 Å². The van der Waals surface area contributed by atoms with E-state index >= 15 is 0 Å². The fourth-order valence-corrected chi connectivity index (χ4v) is 0.868. The highest BCUT2D eigenvalue weighted by molar-refractivity contribution is 6.04. The Bertz CT molecular complexity index is 342.